The van der Waals surface area contributed by atoms with Crippen molar-refractivity contribution in [3.8, 4) is 11.3 Å². The van der Waals surface area contributed by atoms with Crippen LogP contribution in [0, 0.1) is 6.92 Å². The minimum absolute atomic E-state index is 0.146. The summed E-state index contributed by atoms with van der Waals surface area (Å²) in [6.45, 7) is 1.95. The first-order valence-electron chi connectivity index (χ1n) is 8.22. The number of amides is 1. The zero-order chi connectivity index (χ0) is 19.0. The van der Waals surface area contributed by atoms with E-state index in [4.69, 9.17) is 28.2 Å². The van der Waals surface area contributed by atoms with E-state index in [1.165, 1.54) is 16.7 Å². The van der Waals surface area contributed by atoms with Gasteiger partial charge in [-0.15, -0.1) is 0 Å². The number of furan rings is 1. The lowest BCUT2D eigenvalue weighted by Crippen LogP contribution is -2.27. The average molecular weight is 412 g/mol. The highest BCUT2D eigenvalue weighted by Gasteiger charge is 2.33. The second-order valence-electron chi connectivity index (χ2n) is 6.02. The van der Waals surface area contributed by atoms with Gasteiger partial charge in [-0.1, -0.05) is 65.9 Å². The van der Waals surface area contributed by atoms with Crippen molar-refractivity contribution in [2.24, 2.45) is 0 Å². The number of para-hydroxylation sites is 1. The number of benzene rings is 2. The number of nitrogens with zero attached hydrogens (tertiary/aromatic N) is 1. The Labute approximate surface area is 171 Å². The van der Waals surface area contributed by atoms with E-state index in [1.54, 1.807) is 6.08 Å². The molecule has 2 aromatic carbocycles. The molecule has 1 aliphatic rings. The zero-order valence-corrected chi connectivity index (χ0v) is 16.7. The van der Waals surface area contributed by atoms with E-state index in [0.29, 0.717) is 25.8 Å². The summed E-state index contributed by atoms with van der Waals surface area (Å²) < 4.78 is 6.40. The third-order valence-electron chi connectivity index (χ3n) is 4.16. The maximum absolute atomic E-state index is 12.8. The van der Waals surface area contributed by atoms with Gasteiger partial charge in [-0.05, 0) is 42.8 Å². The molecule has 0 saturated carbocycles. The predicted molar refractivity (Wildman–Crippen MR) is 116 cm³/mol. The number of anilines is 1. The molecule has 134 valence electrons. The second kappa shape index (κ2) is 7.35. The van der Waals surface area contributed by atoms with Crippen molar-refractivity contribution in [3.05, 3.63) is 81.9 Å². The monoisotopic (exact) mass is 411 g/mol. The lowest BCUT2D eigenvalue weighted by molar-refractivity contribution is -0.113. The van der Waals surface area contributed by atoms with Crippen LogP contribution in [0.3, 0.4) is 0 Å². The fraction of sp³-hybridized carbons (Fsp3) is 0.0476. The van der Waals surface area contributed by atoms with Crippen LogP contribution in [0.25, 0.3) is 17.4 Å². The van der Waals surface area contributed by atoms with Gasteiger partial charge >= 0.3 is 0 Å². The number of thiocarbonyl (C=S) groups is 1. The van der Waals surface area contributed by atoms with Crippen LogP contribution in [0.4, 0.5) is 5.69 Å². The third kappa shape index (κ3) is 3.58. The largest absolute Gasteiger partial charge is 0.457 e. The maximum Gasteiger partial charge on any atom is 0.270 e. The van der Waals surface area contributed by atoms with Crippen molar-refractivity contribution in [1.82, 2.24) is 0 Å². The first-order chi connectivity index (χ1) is 13.0. The fourth-order valence-corrected chi connectivity index (χ4v) is 4.19. The maximum atomic E-state index is 12.8. The van der Waals surface area contributed by atoms with Gasteiger partial charge in [-0.3, -0.25) is 9.69 Å². The summed E-state index contributed by atoms with van der Waals surface area (Å²) in [5.74, 6) is 1.14. The van der Waals surface area contributed by atoms with Gasteiger partial charge in [0.15, 0.2) is 4.32 Å². The van der Waals surface area contributed by atoms with Gasteiger partial charge in [0, 0.05) is 16.7 Å². The number of halogens is 1. The molecule has 3 aromatic rings. The molecule has 1 saturated heterocycles. The van der Waals surface area contributed by atoms with Gasteiger partial charge < -0.3 is 4.42 Å². The highest BCUT2D eigenvalue weighted by atomic mass is 35.5. The van der Waals surface area contributed by atoms with Crippen molar-refractivity contribution in [2.75, 3.05) is 4.90 Å². The molecule has 0 bridgehead atoms. The minimum atomic E-state index is -0.146. The van der Waals surface area contributed by atoms with Crippen LogP contribution in [0.1, 0.15) is 11.3 Å². The summed E-state index contributed by atoms with van der Waals surface area (Å²) in [7, 11) is 0. The molecular weight excluding hydrogens is 398 g/mol. The number of hydrogen-bond acceptors (Lipinski definition) is 4. The lowest BCUT2D eigenvalue weighted by Gasteiger charge is -2.13. The van der Waals surface area contributed by atoms with Gasteiger partial charge in [0.1, 0.15) is 11.5 Å². The Bertz CT molecular complexity index is 1070. The smallest absolute Gasteiger partial charge is 0.270 e. The molecule has 1 fully saturated rings. The van der Waals surface area contributed by atoms with Crippen LogP contribution >= 0.6 is 35.6 Å². The van der Waals surface area contributed by atoms with E-state index in [9.17, 15) is 4.79 Å². The molecule has 3 nitrogen and oxygen atoms in total. The Morgan fingerprint density at radius 2 is 1.89 bits per heavy atom. The van der Waals surface area contributed by atoms with Crippen LogP contribution in [-0.2, 0) is 4.79 Å². The SMILES string of the molecule is Cc1ccc(-c2ccc(C=C3SC(=S)N(c4ccccc4)C3=O)o2)cc1Cl. The summed E-state index contributed by atoms with van der Waals surface area (Å²) in [5, 5.41) is 0.689. The number of hydrogen-bond donors (Lipinski definition) is 0. The molecule has 6 heteroatoms. The molecule has 0 radical (unpaired) electrons. The van der Waals surface area contributed by atoms with Crippen molar-refractivity contribution in [2.45, 2.75) is 6.92 Å². The molecule has 1 amide bonds. The Hall–Kier alpha value is -2.34. The molecule has 0 atom stereocenters. The summed E-state index contributed by atoms with van der Waals surface area (Å²) in [6.07, 6.45) is 1.72. The van der Waals surface area contributed by atoms with E-state index < -0.39 is 0 Å². The van der Waals surface area contributed by atoms with Crippen LogP contribution in [0.5, 0.6) is 0 Å². The zero-order valence-electron chi connectivity index (χ0n) is 14.3. The number of carbonyl (C=O) groups excluding carboxylic acids is 1. The molecule has 2 heterocycles. The minimum Gasteiger partial charge on any atom is -0.457 e. The Kier molecular flexibility index (Phi) is 4.91. The molecule has 0 spiro atoms. The summed E-state index contributed by atoms with van der Waals surface area (Å²) in [5.41, 5.74) is 2.66. The number of carbonyl (C=O) groups is 1. The van der Waals surface area contributed by atoms with Crippen LogP contribution < -0.4 is 4.90 Å². The van der Waals surface area contributed by atoms with Crippen molar-refractivity contribution >= 4 is 57.6 Å². The van der Waals surface area contributed by atoms with E-state index in [2.05, 4.69) is 0 Å². The molecule has 4 rings (SSSR count). The van der Waals surface area contributed by atoms with Crippen LogP contribution in [0.2, 0.25) is 5.02 Å². The highest BCUT2D eigenvalue weighted by Crippen LogP contribution is 2.36. The molecule has 1 aromatic heterocycles. The number of rotatable bonds is 3. The topological polar surface area (TPSA) is 33.5 Å². The van der Waals surface area contributed by atoms with Gasteiger partial charge in [0.25, 0.3) is 5.91 Å². The molecular formula is C21H14ClNO2S2. The average Bonchev–Trinajstić information content (AvgIpc) is 3.23. The van der Waals surface area contributed by atoms with Crippen LogP contribution in [0.15, 0.2) is 70.0 Å². The second-order valence-corrected chi connectivity index (χ2v) is 8.10. The van der Waals surface area contributed by atoms with E-state index >= 15 is 0 Å². The number of thioether (sulfide) groups is 1. The predicted octanol–water partition coefficient (Wildman–Crippen LogP) is 6.31. The van der Waals surface area contributed by atoms with Gasteiger partial charge in [-0.2, -0.15) is 0 Å². The number of aryl methyl sites for hydroxylation is 1. The van der Waals surface area contributed by atoms with Crippen molar-refractivity contribution < 1.29 is 9.21 Å². The Morgan fingerprint density at radius 3 is 2.63 bits per heavy atom. The standard InChI is InChI=1S/C21H14ClNO2S2/c1-13-7-8-14(11-17(13)22)18-10-9-16(25-18)12-19-20(24)23(21(26)27-19)15-5-3-2-4-6-15/h2-12H,1H3. The van der Waals surface area contributed by atoms with Crippen LogP contribution in [-0.4, -0.2) is 10.2 Å². The molecule has 0 unspecified atom stereocenters. The molecule has 0 N–H and O–H groups in total. The Morgan fingerprint density at radius 1 is 1.11 bits per heavy atom. The molecule has 27 heavy (non-hydrogen) atoms. The molecule has 1 aliphatic heterocycles. The summed E-state index contributed by atoms with van der Waals surface area (Å²) in [4.78, 5) is 14.8. The third-order valence-corrected chi connectivity index (χ3v) is 5.87. The van der Waals surface area contributed by atoms with Gasteiger partial charge in [0.05, 0.1) is 10.6 Å². The first kappa shape index (κ1) is 18.0. The van der Waals surface area contributed by atoms with Gasteiger partial charge in [-0.25, -0.2) is 0 Å². The quantitative estimate of drug-likeness (QED) is 0.373. The Balaban J connectivity index is 1.61. The van der Waals surface area contributed by atoms with E-state index in [-0.39, 0.29) is 5.91 Å². The normalized spacial score (nSPS) is 15.8. The first-order valence-corrected chi connectivity index (χ1v) is 9.82. The van der Waals surface area contributed by atoms with Crippen molar-refractivity contribution in [1.29, 1.82) is 0 Å². The summed E-state index contributed by atoms with van der Waals surface area (Å²) >= 11 is 12.8. The molecule has 0 aliphatic carbocycles. The van der Waals surface area contributed by atoms with Gasteiger partial charge in [0.2, 0.25) is 0 Å². The van der Waals surface area contributed by atoms with E-state index in [0.717, 1.165) is 16.8 Å². The van der Waals surface area contributed by atoms with Crippen molar-refractivity contribution in [3.63, 3.8) is 0 Å². The lowest BCUT2D eigenvalue weighted by atomic mass is 10.1. The van der Waals surface area contributed by atoms with E-state index in [1.807, 2.05) is 67.6 Å². The fourth-order valence-electron chi connectivity index (χ4n) is 2.73. The summed E-state index contributed by atoms with van der Waals surface area (Å²) in [6, 6.07) is 18.9. The highest BCUT2D eigenvalue weighted by molar-refractivity contribution is 8.27.